The van der Waals surface area contributed by atoms with E-state index in [-0.39, 0.29) is 0 Å². The molecular formula is C14H24N4. The first-order chi connectivity index (χ1) is 8.81. The van der Waals surface area contributed by atoms with Gasteiger partial charge in [0.05, 0.1) is 18.1 Å². The van der Waals surface area contributed by atoms with E-state index >= 15 is 0 Å². The van der Waals surface area contributed by atoms with Gasteiger partial charge in [0.15, 0.2) is 0 Å². The molecule has 1 aromatic heterocycles. The summed E-state index contributed by atoms with van der Waals surface area (Å²) in [6.07, 6.45) is 12.0. The number of aromatic nitrogens is 2. The van der Waals surface area contributed by atoms with Crippen molar-refractivity contribution in [3.63, 3.8) is 0 Å². The molecule has 4 nitrogen and oxygen atoms in total. The van der Waals surface area contributed by atoms with Crippen molar-refractivity contribution >= 4 is 0 Å². The molecule has 0 bridgehead atoms. The van der Waals surface area contributed by atoms with Crippen LogP contribution in [0.2, 0.25) is 0 Å². The third kappa shape index (κ3) is 2.19. The Morgan fingerprint density at radius 1 is 1.39 bits per heavy atom. The average Bonchev–Trinajstić information content (AvgIpc) is 2.92. The highest BCUT2D eigenvalue weighted by Gasteiger charge is 2.31. The molecule has 1 aromatic rings. The number of likely N-dealkylation sites (N-methyl/N-ethyl adjacent to an activating group) is 1. The number of nitrogens with zero attached hydrogens (tertiary/aromatic N) is 3. The molecule has 4 heteroatoms. The maximum atomic E-state index is 6.04. The van der Waals surface area contributed by atoms with Crippen LogP contribution in [0.5, 0.6) is 0 Å². The normalized spacial score (nSPS) is 22.8. The molecule has 0 radical (unpaired) electrons. The van der Waals surface area contributed by atoms with Crippen LogP contribution in [-0.4, -0.2) is 34.1 Å². The monoisotopic (exact) mass is 248 g/mol. The molecule has 0 amide bonds. The highest BCUT2D eigenvalue weighted by atomic mass is 15.2. The van der Waals surface area contributed by atoms with E-state index in [1.165, 1.54) is 44.2 Å². The summed E-state index contributed by atoms with van der Waals surface area (Å²) in [6, 6.07) is 1.73. The van der Waals surface area contributed by atoms with Crippen LogP contribution in [0, 0.1) is 0 Å². The van der Waals surface area contributed by atoms with Crippen molar-refractivity contribution in [1.29, 1.82) is 0 Å². The van der Waals surface area contributed by atoms with Gasteiger partial charge >= 0.3 is 0 Å². The summed E-state index contributed by atoms with van der Waals surface area (Å²) >= 11 is 0. The first-order valence-electron chi connectivity index (χ1n) is 7.25. The lowest BCUT2D eigenvalue weighted by Gasteiger charge is -2.32. The molecule has 1 heterocycles. The lowest BCUT2D eigenvalue weighted by molar-refractivity contribution is 0.173. The predicted molar refractivity (Wildman–Crippen MR) is 72.3 cm³/mol. The SMILES string of the molecule is CN(C1CCCC1)C(CN)c1cncn1C1CC1. The van der Waals surface area contributed by atoms with Crippen LogP contribution in [0.1, 0.15) is 56.3 Å². The van der Waals surface area contributed by atoms with Crippen LogP contribution >= 0.6 is 0 Å². The van der Waals surface area contributed by atoms with E-state index in [9.17, 15) is 0 Å². The highest BCUT2D eigenvalue weighted by molar-refractivity contribution is 5.10. The van der Waals surface area contributed by atoms with Gasteiger partial charge in [-0.05, 0) is 32.7 Å². The molecule has 2 aliphatic rings. The molecule has 0 spiro atoms. The van der Waals surface area contributed by atoms with Crippen molar-refractivity contribution in [3.8, 4) is 0 Å². The average molecular weight is 248 g/mol. The molecule has 0 aromatic carbocycles. The maximum Gasteiger partial charge on any atom is 0.0951 e. The quantitative estimate of drug-likeness (QED) is 0.868. The third-order valence-corrected chi connectivity index (χ3v) is 4.59. The largest absolute Gasteiger partial charge is 0.330 e. The fourth-order valence-corrected chi connectivity index (χ4v) is 3.29. The fourth-order valence-electron chi connectivity index (χ4n) is 3.29. The number of imidazole rings is 1. The van der Waals surface area contributed by atoms with E-state index in [1.54, 1.807) is 0 Å². The Morgan fingerprint density at radius 2 is 2.11 bits per heavy atom. The zero-order valence-electron chi connectivity index (χ0n) is 11.3. The molecule has 1 unspecified atom stereocenters. The van der Waals surface area contributed by atoms with Crippen LogP contribution in [0.4, 0.5) is 0 Å². The second-order valence-corrected chi connectivity index (χ2v) is 5.81. The van der Waals surface area contributed by atoms with Crippen LogP contribution in [0.25, 0.3) is 0 Å². The number of rotatable bonds is 5. The van der Waals surface area contributed by atoms with Gasteiger partial charge in [0.1, 0.15) is 0 Å². The Bertz CT molecular complexity index is 390. The number of nitrogens with two attached hydrogens (primary N) is 1. The van der Waals surface area contributed by atoms with Gasteiger partial charge in [-0.2, -0.15) is 0 Å². The second-order valence-electron chi connectivity index (χ2n) is 5.81. The zero-order chi connectivity index (χ0) is 12.5. The highest BCUT2D eigenvalue weighted by Crippen LogP contribution is 2.38. The summed E-state index contributed by atoms with van der Waals surface area (Å²) in [7, 11) is 2.23. The summed E-state index contributed by atoms with van der Waals surface area (Å²) in [5.41, 5.74) is 7.35. The van der Waals surface area contributed by atoms with E-state index < -0.39 is 0 Å². The summed E-state index contributed by atoms with van der Waals surface area (Å²) in [4.78, 5) is 6.83. The van der Waals surface area contributed by atoms with Crippen molar-refractivity contribution in [2.75, 3.05) is 13.6 Å². The molecule has 1 atom stereocenters. The van der Waals surface area contributed by atoms with Crippen molar-refractivity contribution < 1.29 is 0 Å². The van der Waals surface area contributed by atoms with Crippen LogP contribution < -0.4 is 5.73 Å². The lowest BCUT2D eigenvalue weighted by Crippen LogP contribution is -2.38. The maximum absolute atomic E-state index is 6.04. The Labute approximate surface area is 109 Å². The molecular weight excluding hydrogens is 224 g/mol. The first kappa shape index (κ1) is 12.2. The minimum Gasteiger partial charge on any atom is -0.330 e. The van der Waals surface area contributed by atoms with Crippen LogP contribution in [-0.2, 0) is 0 Å². The van der Waals surface area contributed by atoms with Crippen molar-refractivity contribution in [1.82, 2.24) is 14.5 Å². The van der Waals surface area contributed by atoms with Gasteiger partial charge in [-0.1, -0.05) is 12.8 Å². The Balaban J connectivity index is 1.79. The van der Waals surface area contributed by atoms with Gasteiger partial charge in [-0.25, -0.2) is 4.98 Å². The lowest BCUT2D eigenvalue weighted by atomic mass is 10.1. The fraction of sp³-hybridized carbons (Fsp3) is 0.786. The van der Waals surface area contributed by atoms with Gasteiger partial charge < -0.3 is 10.3 Å². The molecule has 0 aliphatic heterocycles. The summed E-state index contributed by atoms with van der Waals surface area (Å²) in [5.74, 6) is 0. The van der Waals surface area contributed by atoms with Crippen molar-refractivity contribution in [3.05, 3.63) is 18.2 Å². The summed E-state index contributed by atoms with van der Waals surface area (Å²) in [6.45, 7) is 0.686. The van der Waals surface area contributed by atoms with E-state index in [0.717, 1.165) is 0 Å². The minimum atomic E-state index is 0.330. The molecule has 3 rings (SSSR count). The molecule has 0 saturated heterocycles. The second kappa shape index (κ2) is 5.02. The molecule has 18 heavy (non-hydrogen) atoms. The third-order valence-electron chi connectivity index (χ3n) is 4.59. The Kier molecular flexibility index (Phi) is 3.39. The van der Waals surface area contributed by atoms with Crippen molar-refractivity contribution in [2.24, 2.45) is 5.73 Å². The molecule has 100 valence electrons. The smallest absolute Gasteiger partial charge is 0.0951 e. The van der Waals surface area contributed by atoms with Crippen LogP contribution in [0.3, 0.4) is 0 Å². The summed E-state index contributed by atoms with van der Waals surface area (Å²) in [5, 5.41) is 0. The van der Waals surface area contributed by atoms with E-state index in [2.05, 4.69) is 21.5 Å². The van der Waals surface area contributed by atoms with Gasteiger partial charge in [0, 0.05) is 24.8 Å². The van der Waals surface area contributed by atoms with Gasteiger partial charge in [0.2, 0.25) is 0 Å². The van der Waals surface area contributed by atoms with Crippen LogP contribution in [0.15, 0.2) is 12.5 Å². The first-order valence-corrected chi connectivity index (χ1v) is 7.25. The van der Waals surface area contributed by atoms with E-state index in [4.69, 9.17) is 5.73 Å². The van der Waals surface area contributed by atoms with Gasteiger partial charge in [-0.3, -0.25) is 4.90 Å². The van der Waals surface area contributed by atoms with E-state index in [0.29, 0.717) is 24.7 Å². The minimum absolute atomic E-state index is 0.330. The standard InChI is InChI=1S/C14H24N4/c1-17(11-4-2-3-5-11)13(8-15)14-9-16-10-18(14)12-6-7-12/h9-13H,2-8,15H2,1H3. The molecule has 2 N–H and O–H groups in total. The van der Waals surface area contributed by atoms with E-state index in [1.807, 2.05) is 12.5 Å². The molecule has 2 saturated carbocycles. The van der Waals surface area contributed by atoms with Crippen molar-refractivity contribution in [2.45, 2.75) is 56.7 Å². The topological polar surface area (TPSA) is 47.1 Å². The molecule has 2 fully saturated rings. The van der Waals surface area contributed by atoms with Gasteiger partial charge in [-0.15, -0.1) is 0 Å². The number of hydrogen-bond acceptors (Lipinski definition) is 3. The predicted octanol–water partition coefficient (Wildman–Crippen LogP) is 2.09. The number of hydrogen-bond donors (Lipinski definition) is 1. The van der Waals surface area contributed by atoms with Gasteiger partial charge in [0.25, 0.3) is 0 Å². The Hall–Kier alpha value is -0.870. The summed E-state index contributed by atoms with van der Waals surface area (Å²) < 4.78 is 2.35. The molecule has 2 aliphatic carbocycles. The zero-order valence-corrected chi connectivity index (χ0v) is 11.3. The Morgan fingerprint density at radius 3 is 2.72 bits per heavy atom.